The first-order chi connectivity index (χ1) is 8.11. The molecule has 17 heavy (non-hydrogen) atoms. The first kappa shape index (κ1) is 11.7. The minimum Gasteiger partial charge on any atom is -0.480 e. The van der Waals surface area contributed by atoms with Crippen molar-refractivity contribution < 1.29 is 19.5 Å². The number of amides is 1. The maximum Gasteiger partial charge on any atom is 0.323 e. The van der Waals surface area contributed by atoms with Crippen LogP contribution in [0, 0.1) is 0 Å². The third-order valence-electron chi connectivity index (χ3n) is 2.36. The Labute approximate surface area is 101 Å². The Hall–Kier alpha value is -1.82. The number of aliphatic carboxylic acids is 1. The summed E-state index contributed by atoms with van der Waals surface area (Å²) in [6, 6.07) is 4.91. The van der Waals surface area contributed by atoms with Crippen molar-refractivity contribution in [1.29, 1.82) is 0 Å². The Morgan fingerprint density at radius 2 is 2.29 bits per heavy atom. The summed E-state index contributed by atoms with van der Waals surface area (Å²) in [7, 11) is 0. The molecule has 88 valence electrons. The van der Waals surface area contributed by atoms with Crippen molar-refractivity contribution in [3.05, 3.63) is 23.8 Å². The maximum atomic E-state index is 11.6. The lowest BCUT2D eigenvalue weighted by molar-refractivity contribution is -0.136. The summed E-state index contributed by atoms with van der Waals surface area (Å²) in [6.45, 7) is -0.380. The van der Waals surface area contributed by atoms with Gasteiger partial charge in [0, 0.05) is 10.5 Å². The molecule has 0 saturated carbocycles. The molecule has 0 atom stereocenters. The van der Waals surface area contributed by atoms with Gasteiger partial charge in [0.25, 0.3) is 0 Å². The number of carbonyl (C=O) groups is 3. The average molecular weight is 251 g/mol. The third kappa shape index (κ3) is 2.31. The maximum absolute atomic E-state index is 11.6. The number of thioether (sulfide) groups is 1. The molecule has 1 aromatic carbocycles. The molecule has 1 amide bonds. The zero-order chi connectivity index (χ0) is 12.4. The Bertz CT molecular complexity index is 500. The van der Waals surface area contributed by atoms with Crippen LogP contribution in [-0.2, 0) is 9.59 Å². The standard InChI is InChI=1S/C11H9NO4S/c13-5-7-1-2-9-8(3-7)12(4-11(15)16)10(14)6-17-9/h1-3,5H,4,6H2,(H,15,16). The fourth-order valence-corrected chi connectivity index (χ4v) is 2.52. The molecular formula is C11H9NO4S. The van der Waals surface area contributed by atoms with Gasteiger partial charge in [-0.05, 0) is 12.1 Å². The number of carbonyl (C=O) groups excluding carboxylic acids is 2. The second-order valence-electron chi connectivity index (χ2n) is 3.51. The molecule has 1 N–H and O–H groups in total. The first-order valence-corrected chi connectivity index (χ1v) is 5.84. The Morgan fingerprint density at radius 3 is 2.94 bits per heavy atom. The van der Waals surface area contributed by atoms with Crippen molar-refractivity contribution in [3.63, 3.8) is 0 Å². The molecule has 0 unspecified atom stereocenters. The van der Waals surface area contributed by atoms with Crippen LogP contribution >= 0.6 is 11.8 Å². The Morgan fingerprint density at radius 1 is 1.53 bits per heavy atom. The van der Waals surface area contributed by atoms with Gasteiger partial charge in [0.05, 0.1) is 11.4 Å². The number of hydrogen-bond acceptors (Lipinski definition) is 4. The summed E-state index contributed by atoms with van der Waals surface area (Å²) in [5.41, 5.74) is 0.924. The number of carboxylic acid groups (broad SMARTS) is 1. The lowest BCUT2D eigenvalue weighted by atomic mass is 10.2. The molecule has 0 fully saturated rings. The monoisotopic (exact) mass is 251 g/mol. The van der Waals surface area contributed by atoms with Gasteiger partial charge >= 0.3 is 5.97 Å². The van der Waals surface area contributed by atoms with Gasteiger partial charge in [-0.1, -0.05) is 6.07 Å². The normalized spacial score (nSPS) is 14.4. The summed E-state index contributed by atoms with van der Waals surface area (Å²) in [5, 5.41) is 8.77. The van der Waals surface area contributed by atoms with Crippen LogP contribution in [0.4, 0.5) is 5.69 Å². The summed E-state index contributed by atoms with van der Waals surface area (Å²) in [6.07, 6.45) is 0.670. The summed E-state index contributed by atoms with van der Waals surface area (Å²) >= 11 is 1.35. The number of hydrogen-bond donors (Lipinski definition) is 1. The van der Waals surface area contributed by atoms with Crippen LogP contribution in [0.25, 0.3) is 0 Å². The Balaban J connectivity index is 2.44. The van der Waals surface area contributed by atoms with Crippen LogP contribution in [0.5, 0.6) is 0 Å². The SMILES string of the molecule is O=Cc1ccc2c(c1)N(CC(=O)O)C(=O)CS2. The number of nitrogens with zero attached hydrogens (tertiary/aromatic N) is 1. The van der Waals surface area contributed by atoms with Crippen molar-refractivity contribution in [2.45, 2.75) is 4.90 Å². The van der Waals surface area contributed by atoms with Gasteiger partial charge in [0.15, 0.2) is 0 Å². The van der Waals surface area contributed by atoms with Crippen molar-refractivity contribution in [2.24, 2.45) is 0 Å². The summed E-state index contributed by atoms with van der Waals surface area (Å²) in [5.74, 6) is -1.11. The van der Waals surface area contributed by atoms with Gasteiger partial charge in [-0.2, -0.15) is 0 Å². The fourth-order valence-electron chi connectivity index (χ4n) is 1.60. The smallest absolute Gasteiger partial charge is 0.323 e. The van der Waals surface area contributed by atoms with Crippen LogP contribution in [0.2, 0.25) is 0 Å². The highest BCUT2D eigenvalue weighted by Gasteiger charge is 2.26. The van der Waals surface area contributed by atoms with Gasteiger partial charge < -0.3 is 5.11 Å². The second-order valence-corrected chi connectivity index (χ2v) is 4.52. The van der Waals surface area contributed by atoms with Gasteiger partial charge in [0.1, 0.15) is 12.8 Å². The minimum absolute atomic E-state index is 0.223. The molecule has 1 aliphatic rings. The molecular weight excluding hydrogens is 242 g/mol. The van der Waals surface area contributed by atoms with E-state index in [9.17, 15) is 14.4 Å². The van der Waals surface area contributed by atoms with E-state index >= 15 is 0 Å². The van der Waals surface area contributed by atoms with E-state index in [0.717, 1.165) is 4.90 Å². The van der Waals surface area contributed by atoms with E-state index < -0.39 is 5.97 Å². The van der Waals surface area contributed by atoms with E-state index in [-0.39, 0.29) is 18.2 Å². The lowest BCUT2D eigenvalue weighted by Gasteiger charge is -2.27. The van der Waals surface area contributed by atoms with Crippen molar-refractivity contribution in [2.75, 3.05) is 17.2 Å². The summed E-state index contributed by atoms with van der Waals surface area (Å²) < 4.78 is 0. The van der Waals surface area contributed by atoms with Crippen LogP contribution in [0.3, 0.4) is 0 Å². The molecule has 0 bridgehead atoms. The molecule has 1 aromatic rings. The number of anilines is 1. The van der Waals surface area contributed by atoms with E-state index in [1.807, 2.05) is 0 Å². The molecule has 0 aromatic heterocycles. The average Bonchev–Trinajstić information content (AvgIpc) is 2.32. The van der Waals surface area contributed by atoms with Crippen LogP contribution in [0.1, 0.15) is 10.4 Å². The van der Waals surface area contributed by atoms with Crippen molar-refractivity contribution in [1.82, 2.24) is 0 Å². The predicted molar refractivity (Wildman–Crippen MR) is 62.5 cm³/mol. The van der Waals surface area contributed by atoms with Gasteiger partial charge in [0.2, 0.25) is 5.91 Å². The first-order valence-electron chi connectivity index (χ1n) is 4.86. The van der Waals surface area contributed by atoms with Crippen LogP contribution in [0.15, 0.2) is 23.1 Å². The minimum atomic E-state index is -1.08. The molecule has 1 aliphatic heterocycles. The van der Waals surface area contributed by atoms with Crippen LogP contribution < -0.4 is 4.90 Å². The third-order valence-corrected chi connectivity index (χ3v) is 3.40. The molecule has 1 heterocycles. The van der Waals surface area contributed by atoms with E-state index in [0.29, 0.717) is 17.5 Å². The zero-order valence-corrected chi connectivity index (χ0v) is 9.57. The number of fused-ring (bicyclic) bond motifs is 1. The summed E-state index contributed by atoms with van der Waals surface area (Å²) in [4.78, 5) is 35.0. The molecule has 5 nitrogen and oxygen atoms in total. The zero-order valence-electron chi connectivity index (χ0n) is 8.75. The van der Waals surface area contributed by atoms with Gasteiger partial charge in [-0.25, -0.2) is 0 Å². The number of aldehydes is 1. The van der Waals surface area contributed by atoms with E-state index in [1.165, 1.54) is 22.7 Å². The number of benzene rings is 1. The van der Waals surface area contributed by atoms with Crippen molar-refractivity contribution in [3.8, 4) is 0 Å². The van der Waals surface area contributed by atoms with Gasteiger partial charge in [-0.15, -0.1) is 11.8 Å². The molecule has 0 spiro atoms. The quantitative estimate of drug-likeness (QED) is 0.812. The van der Waals surface area contributed by atoms with Crippen LogP contribution in [-0.4, -0.2) is 35.6 Å². The van der Waals surface area contributed by atoms with Gasteiger partial charge in [-0.3, -0.25) is 19.3 Å². The molecule has 0 saturated heterocycles. The Kier molecular flexibility index (Phi) is 3.14. The molecule has 6 heteroatoms. The highest BCUT2D eigenvalue weighted by atomic mass is 32.2. The van der Waals surface area contributed by atoms with Crippen molar-refractivity contribution >= 4 is 35.6 Å². The second kappa shape index (κ2) is 4.58. The fraction of sp³-hybridized carbons (Fsp3) is 0.182. The van der Waals surface area contributed by atoms with E-state index in [2.05, 4.69) is 0 Å². The molecule has 2 rings (SSSR count). The topological polar surface area (TPSA) is 74.7 Å². The molecule has 0 radical (unpaired) electrons. The van der Waals surface area contributed by atoms with E-state index in [4.69, 9.17) is 5.11 Å². The van der Waals surface area contributed by atoms with E-state index in [1.54, 1.807) is 12.1 Å². The number of carboxylic acids is 1. The lowest BCUT2D eigenvalue weighted by Crippen LogP contribution is -2.39. The molecule has 0 aliphatic carbocycles. The highest BCUT2D eigenvalue weighted by Crippen LogP contribution is 2.35. The highest BCUT2D eigenvalue weighted by molar-refractivity contribution is 8.00. The predicted octanol–water partition coefficient (Wildman–Crippen LogP) is 1.02. The largest absolute Gasteiger partial charge is 0.480 e. The number of rotatable bonds is 3.